The van der Waals surface area contributed by atoms with Crippen LogP contribution in [0, 0.1) is 0 Å². The van der Waals surface area contributed by atoms with Crippen molar-refractivity contribution in [1.29, 1.82) is 0 Å². The molecule has 0 saturated heterocycles. The molecule has 0 bridgehead atoms. The van der Waals surface area contributed by atoms with Gasteiger partial charge in [0, 0.05) is 5.69 Å². The summed E-state index contributed by atoms with van der Waals surface area (Å²) in [5.74, 6) is 0.0545. The van der Waals surface area contributed by atoms with Crippen molar-refractivity contribution in [2.45, 2.75) is 18.3 Å². The van der Waals surface area contributed by atoms with Crippen LogP contribution in [0.4, 0.5) is 5.69 Å². The summed E-state index contributed by atoms with van der Waals surface area (Å²) in [6.07, 6.45) is 3.32. The number of carbonyl (C=O) groups is 1. The second kappa shape index (κ2) is 5.31. The highest BCUT2D eigenvalue weighted by Crippen LogP contribution is 2.48. The summed E-state index contributed by atoms with van der Waals surface area (Å²) in [5, 5.41) is 14.1. The minimum Gasteiger partial charge on any atom is -0.325 e. The first-order chi connectivity index (χ1) is 11.3. The molecule has 1 aromatic heterocycles. The van der Waals surface area contributed by atoms with Crippen LogP contribution in [0.25, 0.3) is 5.69 Å². The molecule has 0 unspecified atom stereocenters. The molecule has 1 fully saturated rings. The summed E-state index contributed by atoms with van der Waals surface area (Å²) in [6.45, 7) is 0. The molecule has 1 aliphatic rings. The van der Waals surface area contributed by atoms with E-state index >= 15 is 0 Å². The minimum atomic E-state index is -0.365. The smallest absolute Gasteiger partial charge is 0.235 e. The number of carbonyl (C=O) groups excluding carboxylic acids is 1. The predicted octanol–water partition coefficient (Wildman–Crippen LogP) is 2.33. The van der Waals surface area contributed by atoms with E-state index in [0.29, 0.717) is 0 Å². The van der Waals surface area contributed by atoms with Crippen molar-refractivity contribution in [3.63, 3.8) is 0 Å². The largest absolute Gasteiger partial charge is 0.325 e. The summed E-state index contributed by atoms with van der Waals surface area (Å²) in [5.41, 5.74) is 2.34. The standard InChI is InChI=1S/C17H15N5O/c23-16(17(10-11-17)13-4-2-1-3-5-13)19-14-6-8-15(9-7-14)22-12-18-20-21-22/h1-9,12H,10-11H2,(H,19,23). The number of hydrogen-bond donors (Lipinski definition) is 1. The van der Waals surface area contributed by atoms with Crippen LogP contribution in [-0.4, -0.2) is 26.1 Å². The number of benzene rings is 2. The second-order valence-electron chi connectivity index (χ2n) is 5.70. The molecule has 1 aliphatic carbocycles. The van der Waals surface area contributed by atoms with Crippen LogP contribution in [-0.2, 0) is 10.2 Å². The molecule has 0 aliphatic heterocycles. The quantitative estimate of drug-likeness (QED) is 0.803. The molecule has 6 heteroatoms. The van der Waals surface area contributed by atoms with E-state index in [0.717, 1.165) is 29.8 Å². The highest BCUT2D eigenvalue weighted by Gasteiger charge is 2.51. The number of tetrazole rings is 1. The van der Waals surface area contributed by atoms with Gasteiger partial charge in [-0.1, -0.05) is 30.3 Å². The first kappa shape index (κ1) is 13.6. The normalized spacial score (nSPS) is 15.1. The summed E-state index contributed by atoms with van der Waals surface area (Å²) >= 11 is 0. The number of aromatic nitrogens is 4. The van der Waals surface area contributed by atoms with E-state index in [1.807, 2.05) is 54.6 Å². The van der Waals surface area contributed by atoms with Gasteiger partial charge >= 0.3 is 0 Å². The third kappa shape index (κ3) is 2.48. The average molecular weight is 305 g/mol. The predicted molar refractivity (Wildman–Crippen MR) is 85.1 cm³/mol. The fourth-order valence-electron chi connectivity index (χ4n) is 2.76. The number of rotatable bonds is 4. The van der Waals surface area contributed by atoms with Gasteiger partial charge in [0.15, 0.2) is 0 Å². The van der Waals surface area contributed by atoms with Crippen LogP contribution < -0.4 is 5.32 Å². The highest BCUT2D eigenvalue weighted by atomic mass is 16.2. The van der Waals surface area contributed by atoms with Crippen molar-refractivity contribution in [3.05, 3.63) is 66.5 Å². The number of nitrogens with one attached hydrogen (secondary N) is 1. The van der Waals surface area contributed by atoms with E-state index in [1.54, 1.807) is 4.68 Å². The molecular weight excluding hydrogens is 290 g/mol. The molecule has 1 heterocycles. The number of anilines is 1. The minimum absolute atomic E-state index is 0.0545. The molecule has 1 amide bonds. The Hall–Kier alpha value is -3.02. The van der Waals surface area contributed by atoms with E-state index in [9.17, 15) is 4.79 Å². The van der Waals surface area contributed by atoms with Gasteiger partial charge < -0.3 is 5.32 Å². The SMILES string of the molecule is O=C(Nc1ccc(-n2cnnn2)cc1)C1(c2ccccc2)CC1. The lowest BCUT2D eigenvalue weighted by molar-refractivity contribution is -0.118. The zero-order valence-electron chi connectivity index (χ0n) is 12.4. The van der Waals surface area contributed by atoms with Gasteiger partial charge in [-0.25, -0.2) is 4.68 Å². The van der Waals surface area contributed by atoms with Gasteiger partial charge in [-0.15, -0.1) is 5.10 Å². The van der Waals surface area contributed by atoms with Gasteiger partial charge in [-0.05, 0) is 53.1 Å². The maximum Gasteiger partial charge on any atom is 0.235 e. The van der Waals surface area contributed by atoms with Crippen LogP contribution in [0.5, 0.6) is 0 Å². The van der Waals surface area contributed by atoms with E-state index in [-0.39, 0.29) is 11.3 Å². The van der Waals surface area contributed by atoms with Gasteiger partial charge in [0.2, 0.25) is 5.91 Å². The van der Waals surface area contributed by atoms with Crippen molar-refractivity contribution in [2.75, 3.05) is 5.32 Å². The van der Waals surface area contributed by atoms with E-state index in [4.69, 9.17) is 0 Å². The molecule has 0 atom stereocenters. The van der Waals surface area contributed by atoms with Crippen LogP contribution in [0.3, 0.4) is 0 Å². The molecule has 6 nitrogen and oxygen atoms in total. The van der Waals surface area contributed by atoms with Crippen molar-refractivity contribution in [2.24, 2.45) is 0 Å². The van der Waals surface area contributed by atoms with Crippen LogP contribution in [0.2, 0.25) is 0 Å². The molecule has 0 radical (unpaired) electrons. The maximum absolute atomic E-state index is 12.7. The van der Waals surface area contributed by atoms with Crippen LogP contribution in [0.15, 0.2) is 60.9 Å². The Morgan fingerprint density at radius 1 is 1.04 bits per heavy atom. The second-order valence-corrected chi connectivity index (χ2v) is 5.70. The Morgan fingerprint density at radius 2 is 1.78 bits per heavy atom. The Kier molecular flexibility index (Phi) is 3.15. The van der Waals surface area contributed by atoms with Crippen molar-refractivity contribution in [3.8, 4) is 5.69 Å². The monoisotopic (exact) mass is 305 g/mol. The number of hydrogen-bond acceptors (Lipinski definition) is 4. The molecule has 0 spiro atoms. The molecule has 4 rings (SSSR count). The summed E-state index contributed by atoms with van der Waals surface area (Å²) in [6, 6.07) is 17.4. The van der Waals surface area contributed by atoms with Gasteiger partial charge in [0.25, 0.3) is 0 Å². The Balaban J connectivity index is 1.51. The number of amides is 1. The average Bonchev–Trinajstić information content (AvgIpc) is 3.24. The molecule has 114 valence electrons. The van der Waals surface area contributed by atoms with Crippen LogP contribution in [0.1, 0.15) is 18.4 Å². The topological polar surface area (TPSA) is 72.7 Å². The highest BCUT2D eigenvalue weighted by molar-refractivity contribution is 6.01. The fourth-order valence-corrected chi connectivity index (χ4v) is 2.76. The van der Waals surface area contributed by atoms with E-state index in [1.165, 1.54) is 6.33 Å². The lowest BCUT2D eigenvalue weighted by Gasteiger charge is -2.16. The molecule has 2 aromatic carbocycles. The van der Waals surface area contributed by atoms with Crippen molar-refractivity contribution in [1.82, 2.24) is 20.2 Å². The van der Waals surface area contributed by atoms with E-state index < -0.39 is 0 Å². The molecular formula is C17H15N5O. The zero-order chi connectivity index (χ0) is 15.7. The van der Waals surface area contributed by atoms with Crippen LogP contribution >= 0.6 is 0 Å². The molecule has 1 saturated carbocycles. The summed E-state index contributed by atoms with van der Waals surface area (Å²) < 4.78 is 1.57. The lowest BCUT2D eigenvalue weighted by Crippen LogP contribution is -2.27. The lowest BCUT2D eigenvalue weighted by atomic mass is 9.95. The maximum atomic E-state index is 12.7. The summed E-state index contributed by atoms with van der Waals surface area (Å²) in [4.78, 5) is 12.7. The first-order valence-electron chi connectivity index (χ1n) is 7.48. The van der Waals surface area contributed by atoms with Gasteiger partial charge in [0.05, 0.1) is 11.1 Å². The third-order valence-corrected chi connectivity index (χ3v) is 4.25. The number of nitrogens with zero attached hydrogens (tertiary/aromatic N) is 4. The van der Waals surface area contributed by atoms with Gasteiger partial charge in [-0.2, -0.15) is 0 Å². The van der Waals surface area contributed by atoms with Crippen molar-refractivity contribution >= 4 is 11.6 Å². The fraction of sp³-hybridized carbons (Fsp3) is 0.176. The van der Waals surface area contributed by atoms with Gasteiger partial charge in [-0.3, -0.25) is 4.79 Å². The molecule has 23 heavy (non-hydrogen) atoms. The molecule has 1 N–H and O–H groups in total. The Bertz CT molecular complexity index is 808. The first-order valence-corrected chi connectivity index (χ1v) is 7.48. The Morgan fingerprint density at radius 3 is 2.39 bits per heavy atom. The van der Waals surface area contributed by atoms with Crippen molar-refractivity contribution < 1.29 is 4.79 Å². The molecule has 3 aromatic rings. The third-order valence-electron chi connectivity index (χ3n) is 4.25. The Labute approximate surface area is 133 Å². The van der Waals surface area contributed by atoms with E-state index in [2.05, 4.69) is 20.8 Å². The summed E-state index contributed by atoms with van der Waals surface area (Å²) in [7, 11) is 0. The zero-order valence-corrected chi connectivity index (χ0v) is 12.4. The van der Waals surface area contributed by atoms with Gasteiger partial charge in [0.1, 0.15) is 6.33 Å².